The minimum absolute atomic E-state index is 0.586. The Bertz CT molecular complexity index is 3170. The first-order valence-electron chi connectivity index (χ1n) is 18.4. The van der Waals surface area contributed by atoms with Crippen molar-refractivity contribution in [2.45, 2.75) is 12.8 Å². The van der Waals surface area contributed by atoms with E-state index in [1.807, 2.05) is 12.1 Å². The zero-order chi connectivity index (χ0) is 35.6. The van der Waals surface area contributed by atoms with E-state index in [9.17, 15) is 0 Å². The van der Waals surface area contributed by atoms with Crippen LogP contribution in [0.4, 0.5) is 0 Å². The summed E-state index contributed by atoms with van der Waals surface area (Å²) < 4.78 is 4.65. The Morgan fingerprint density at radius 2 is 1.17 bits per heavy atom. The van der Waals surface area contributed by atoms with Crippen LogP contribution >= 0.6 is 0 Å². The molecule has 4 heterocycles. The lowest BCUT2D eigenvalue weighted by Crippen LogP contribution is -2.09. The van der Waals surface area contributed by atoms with E-state index in [0.29, 0.717) is 17.6 Å². The molecule has 4 aromatic heterocycles. The number of benzene rings is 6. The average Bonchev–Trinajstić information content (AvgIpc) is 3.77. The molecule has 0 N–H and O–H groups in total. The van der Waals surface area contributed by atoms with Crippen LogP contribution in [0.2, 0.25) is 0 Å². The molecule has 0 atom stereocenters. The quantitative estimate of drug-likeness (QED) is 0.180. The van der Waals surface area contributed by atoms with E-state index in [4.69, 9.17) is 19.9 Å². The van der Waals surface area contributed by atoms with Crippen molar-refractivity contribution in [3.05, 3.63) is 176 Å². The van der Waals surface area contributed by atoms with Gasteiger partial charge in [0.15, 0.2) is 11.6 Å². The maximum Gasteiger partial charge on any atom is 0.238 e. The second kappa shape index (κ2) is 12.2. The van der Waals surface area contributed by atoms with Crippen molar-refractivity contribution >= 4 is 60.1 Å². The lowest BCUT2D eigenvalue weighted by atomic mass is 10.0. The predicted octanol–water partition coefficient (Wildman–Crippen LogP) is 11.7. The van der Waals surface area contributed by atoms with E-state index in [0.717, 1.165) is 84.7 Å². The third-order valence-electron chi connectivity index (χ3n) is 10.6. The van der Waals surface area contributed by atoms with Gasteiger partial charge in [-0.1, -0.05) is 127 Å². The van der Waals surface area contributed by atoms with Crippen LogP contribution < -0.4 is 0 Å². The molecule has 0 radical (unpaired) electrons. The highest BCUT2D eigenvalue weighted by Gasteiger charge is 2.24. The van der Waals surface area contributed by atoms with Gasteiger partial charge in [0.25, 0.3) is 0 Å². The topological polar surface area (TPSA) is 61.4 Å². The molecule has 54 heavy (non-hydrogen) atoms. The van der Waals surface area contributed by atoms with Crippen LogP contribution in [0.1, 0.15) is 18.7 Å². The van der Waals surface area contributed by atoms with Crippen molar-refractivity contribution in [1.29, 1.82) is 0 Å². The maximum atomic E-state index is 5.35. The van der Waals surface area contributed by atoms with E-state index in [-0.39, 0.29) is 0 Å². The van der Waals surface area contributed by atoms with Crippen molar-refractivity contribution in [3.8, 4) is 34.3 Å². The van der Waals surface area contributed by atoms with Crippen molar-refractivity contribution in [1.82, 2.24) is 29.1 Å². The average molecular weight is 693 g/mol. The summed E-state index contributed by atoms with van der Waals surface area (Å²) >= 11 is 0. The number of aromatic nitrogens is 6. The molecule has 6 heteroatoms. The van der Waals surface area contributed by atoms with Gasteiger partial charge in [-0.05, 0) is 60.9 Å². The van der Waals surface area contributed by atoms with Crippen LogP contribution in [0.5, 0.6) is 0 Å². The molecule has 1 aliphatic rings. The number of fused-ring (bicyclic) bond motifs is 8. The molecule has 0 bridgehead atoms. The summed E-state index contributed by atoms with van der Waals surface area (Å²) in [5.41, 5.74) is 10.3. The molecular formula is C48H32N6. The fourth-order valence-electron chi connectivity index (χ4n) is 8.12. The molecule has 0 aliphatic heterocycles. The fourth-order valence-corrected chi connectivity index (χ4v) is 8.12. The van der Waals surface area contributed by atoms with Gasteiger partial charge in [-0.2, -0.15) is 9.97 Å². The van der Waals surface area contributed by atoms with Crippen molar-refractivity contribution in [3.63, 3.8) is 0 Å². The fraction of sp³-hybridized carbons (Fsp3) is 0.0417. The minimum Gasteiger partial charge on any atom is -0.307 e. The van der Waals surface area contributed by atoms with E-state index in [2.05, 4.69) is 167 Å². The first-order valence-corrected chi connectivity index (χ1v) is 18.4. The number of rotatable bonds is 5. The largest absolute Gasteiger partial charge is 0.307 e. The molecule has 10 aromatic rings. The third kappa shape index (κ3) is 4.81. The molecule has 0 spiro atoms. The molecule has 0 fully saturated rings. The summed E-state index contributed by atoms with van der Waals surface area (Å²) in [6.07, 6.45) is 8.24. The van der Waals surface area contributed by atoms with Gasteiger partial charge < -0.3 is 4.57 Å². The molecule has 1 aliphatic carbocycles. The smallest absolute Gasteiger partial charge is 0.238 e. The Balaban J connectivity index is 1.21. The van der Waals surface area contributed by atoms with Gasteiger partial charge in [0.05, 0.1) is 33.3 Å². The van der Waals surface area contributed by atoms with Gasteiger partial charge in [0.2, 0.25) is 5.95 Å². The molecule has 11 rings (SSSR count). The van der Waals surface area contributed by atoms with Crippen LogP contribution in [0, 0.1) is 0 Å². The molecule has 0 amide bonds. The SMILES string of the molecule is C1=CCCC(c2nc(-c3cccc(-c4ccc5ccccc5n4)c3)nc(-n3c4ccccc4c4ccc5c6ccccc6n(-c6ccccc6)c5c43)n2)=C1. The Morgan fingerprint density at radius 1 is 0.481 bits per heavy atom. The van der Waals surface area contributed by atoms with Crippen molar-refractivity contribution in [2.24, 2.45) is 0 Å². The second-order valence-corrected chi connectivity index (χ2v) is 13.8. The predicted molar refractivity (Wildman–Crippen MR) is 221 cm³/mol. The summed E-state index contributed by atoms with van der Waals surface area (Å²) in [6.45, 7) is 0. The second-order valence-electron chi connectivity index (χ2n) is 13.8. The van der Waals surface area contributed by atoms with Crippen LogP contribution in [0.3, 0.4) is 0 Å². The third-order valence-corrected chi connectivity index (χ3v) is 10.6. The Labute approximate surface area is 311 Å². The molecule has 254 valence electrons. The molecule has 6 aromatic carbocycles. The van der Waals surface area contributed by atoms with Crippen molar-refractivity contribution < 1.29 is 0 Å². The molecule has 0 unspecified atom stereocenters. The standard InChI is InChI=1S/C48H32N6/c1-3-15-32(16-4-1)46-50-47(34-18-13-17-33(30-34)41-29-26-31-14-7-10-23-40(31)49-41)52-48(51-46)54-43-25-12-9-22-37(43)39-28-27-38-36-21-8-11-24-42(36)53(44(38)45(39)54)35-19-5-2-6-20-35/h1-3,5-15,17-30H,4,16H2. The Morgan fingerprint density at radius 3 is 1.96 bits per heavy atom. The summed E-state index contributed by atoms with van der Waals surface area (Å²) in [6, 6.07) is 53.2. The van der Waals surface area contributed by atoms with E-state index in [1.165, 1.54) is 10.8 Å². The Kier molecular flexibility index (Phi) is 6.89. The van der Waals surface area contributed by atoms with Crippen LogP contribution in [-0.2, 0) is 0 Å². The van der Waals surface area contributed by atoms with Crippen molar-refractivity contribution in [2.75, 3.05) is 0 Å². The number of allylic oxidation sites excluding steroid dienone is 4. The van der Waals surface area contributed by atoms with Gasteiger partial charge in [-0.3, -0.25) is 4.57 Å². The summed E-state index contributed by atoms with van der Waals surface area (Å²) in [4.78, 5) is 20.9. The van der Waals surface area contributed by atoms with Gasteiger partial charge >= 0.3 is 0 Å². The number of hydrogen-bond donors (Lipinski definition) is 0. The molecule has 6 nitrogen and oxygen atoms in total. The van der Waals surface area contributed by atoms with E-state index in [1.54, 1.807) is 0 Å². The van der Waals surface area contributed by atoms with E-state index >= 15 is 0 Å². The molecule has 0 saturated carbocycles. The first kappa shape index (κ1) is 30.4. The highest BCUT2D eigenvalue weighted by molar-refractivity contribution is 6.23. The molecular weight excluding hydrogens is 661 g/mol. The van der Waals surface area contributed by atoms with Crippen LogP contribution in [0.25, 0.3) is 94.4 Å². The summed E-state index contributed by atoms with van der Waals surface area (Å²) in [5.74, 6) is 1.90. The number of pyridine rings is 1. The number of hydrogen-bond acceptors (Lipinski definition) is 4. The Hall–Kier alpha value is -7.18. The maximum absolute atomic E-state index is 5.35. The van der Waals surface area contributed by atoms with Gasteiger partial charge in [-0.15, -0.1) is 0 Å². The monoisotopic (exact) mass is 692 g/mol. The van der Waals surface area contributed by atoms with Crippen LogP contribution in [-0.4, -0.2) is 29.1 Å². The van der Waals surface area contributed by atoms with Gasteiger partial charge in [-0.25, -0.2) is 9.97 Å². The van der Waals surface area contributed by atoms with E-state index < -0.39 is 0 Å². The summed E-state index contributed by atoms with van der Waals surface area (Å²) in [5, 5.41) is 5.78. The lowest BCUT2D eigenvalue weighted by molar-refractivity contribution is 0.913. The summed E-state index contributed by atoms with van der Waals surface area (Å²) in [7, 11) is 0. The lowest BCUT2D eigenvalue weighted by Gasteiger charge is -2.15. The highest BCUT2D eigenvalue weighted by Crippen LogP contribution is 2.41. The first-order chi connectivity index (χ1) is 26.8. The normalized spacial score (nSPS) is 13.1. The zero-order valence-corrected chi connectivity index (χ0v) is 29.3. The molecule has 0 saturated heterocycles. The minimum atomic E-state index is 0.586. The zero-order valence-electron chi connectivity index (χ0n) is 29.3. The van der Waals surface area contributed by atoms with Gasteiger partial charge in [0, 0.05) is 43.7 Å². The number of nitrogens with zero attached hydrogens (tertiary/aromatic N) is 6. The van der Waals surface area contributed by atoms with Gasteiger partial charge in [0.1, 0.15) is 0 Å². The van der Waals surface area contributed by atoms with Crippen LogP contribution in [0.15, 0.2) is 170 Å². The number of para-hydroxylation sites is 4. The highest BCUT2D eigenvalue weighted by atomic mass is 15.2.